The summed E-state index contributed by atoms with van der Waals surface area (Å²) in [4.78, 5) is 20.8. The van der Waals surface area contributed by atoms with E-state index in [2.05, 4.69) is 9.97 Å². The number of ether oxygens (including phenoxy) is 2. The fourth-order valence-electron chi connectivity index (χ4n) is 2.35. The molecular weight excluding hydrogens is 368 g/mol. The van der Waals surface area contributed by atoms with Gasteiger partial charge in [0, 0.05) is 5.38 Å². The zero-order chi connectivity index (χ0) is 17.8. The van der Waals surface area contributed by atoms with Crippen LogP contribution in [-0.4, -0.2) is 15.9 Å². The number of hydrogen-bond acceptors (Lipinski definition) is 7. The second kappa shape index (κ2) is 7.63. The average Bonchev–Trinajstić information content (AvgIpc) is 3.34. The van der Waals surface area contributed by atoms with Crippen molar-refractivity contribution in [3.63, 3.8) is 0 Å². The van der Waals surface area contributed by atoms with Crippen molar-refractivity contribution in [2.45, 2.75) is 13.2 Å². The molecule has 0 atom stereocenters. The molecule has 130 valence electrons. The van der Waals surface area contributed by atoms with Crippen molar-refractivity contribution in [1.82, 2.24) is 9.97 Å². The van der Waals surface area contributed by atoms with Crippen LogP contribution in [0.3, 0.4) is 0 Å². The standard InChI is InChI=1S/C19H14N2O3S2/c22-19(24-10-18-21-16-3-1-2-4-17(16)26-18)13-5-7-15(8-6-13)23-9-14-11-25-12-20-14/h1-8,11-12H,9-10H2. The van der Waals surface area contributed by atoms with Gasteiger partial charge in [0.15, 0.2) is 0 Å². The first-order valence-corrected chi connectivity index (χ1v) is 9.65. The minimum atomic E-state index is -0.379. The van der Waals surface area contributed by atoms with E-state index in [1.165, 1.54) is 22.7 Å². The van der Waals surface area contributed by atoms with E-state index < -0.39 is 0 Å². The molecule has 0 saturated heterocycles. The molecule has 0 unspecified atom stereocenters. The van der Waals surface area contributed by atoms with Gasteiger partial charge in [0.2, 0.25) is 0 Å². The first-order chi connectivity index (χ1) is 12.8. The topological polar surface area (TPSA) is 61.3 Å². The molecule has 2 heterocycles. The summed E-state index contributed by atoms with van der Waals surface area (Å²) in [7, 11) is 0. The van der Waals surface area contributed by atoms with E-state index in [0.717, 1.165) is 20.9 Å². The minimum absolute atomic E-state index is 0.167. The predicted molar refractivity (Wildman–Crippen MR) is 102 cm³/mol. The second-order valence-electron chi connectivity index (χ2n) is 5.44. The molecular formula is C19H14N2O3S2. The molecule has 4 aromatic rings. The molecule has 5 nitrogen and oxygen atoms in total. The Kier molecular flexibility index (Phi) is 4.90. The molecule has 26 heavy (non-hydrogen) atoms. The zero-order valence-electron chi connectivity index (χ0n) is 13.6. The lowest BCUT2D eigenvalue weighted by molar-refractivity contribution is 0.0472. The van der Waals surface area contributed by atoms with Crippen LogP contribution in [0.25, 0.3) is 10.2 Å². The van der Waals surface area contributed by atoms with Crippen LogP contribution in [0.4, 0.5) is 0 Å². The van der Waals surface area contributed by atoms with Crippen molar-refractivity contribution in [3.8, 4) is 5.75 Å². The molecule has 0 saturated carbocycles. The molecule has 0 aliphatic heterocycles. The molecule has 0 N–H and O–H groups in total. The third-order valence-electron chi connectivity index (χ3n) is 3.63. The van der Waals surface area contributed by atoms with Crippen molar-refractivity contribution in [3.05, 3.63) is 75.7 Å². The lowest BCUT2D eigenvalue weighted by atomic mass is 10.2. The zero-order valence-corrected chi connectivity index (χ0v) is 15.3. The van der Waals surface area contributed by atoms with E-state index in [1.807, 2.05) is 29.6 Å². The number of rotatable bonds is 6. The van der Waals surface area contributed by atoms with E-state index in [-0.39, 0.29) is 12.6 Å². The van der Waals surface area contributed by atoms with E-state index in [0.29, 0.717) is 17.9 Å². The Morgan fingerprint density at radius 3 is 2.65 bits per heavy atom. The number of benzene rings is 2. The Hall–Kier alpha value is -2.77. The van der Waals surface area contributed by atoms with Gasteiger partial charge in [-0.2, -0.15) is 0 Å². The number of fused-ring (bicyclic) bond motifs is 1. The molecule has 2 aromatic heterocycles. The van der Waals surface area contributed by atoms with E-state index in [1.54, 1.807) is 29.8 Å². The fourth-order valence-corrected chi connectivity index (χ4v) is 3.77. The largest absolute Gasteiger partial charge is 0.487 e. The fraction of sp³-hybridized carbons (Fsp3) is 0.105. The molecule has 7 heteroatoms. The predicted octanol–water partition coefficient (Wildman–Crippen LogP) is 4.69. The van der Waals surface area contributed by atoms with Crippen LogP contribution in [0.2, 0.25) is 0 Å². The van der Waals surface area contributed by atoms with Crippen LogP contribution in [0.1, 0.15) is 21.1 Å². The van der Waals surface area contributed by atoms with Gasteiger partial charge in [-0.1, -0.05) is 12.1 Å². The Balaban J connectivity index is 1.33. The third-order valence-corrected chi connectivity index (χ3v) is 5.27. The van der Waals surface area contributed by atoms with Crippen molar-refractivity contribution in [1.29, 1.82) is 0 Å². The molecule has 0 spiro atoms. The van der Waals surface area contributed by atoms with Gasteiger partial charge in [-0.3, -0.25) is 0 Å². The SMILES string of the molecule is O=C(OCc1nc2ccccc2s1)c1ccc(OCc2cscn2)cc1. The van der Waals surface area contributed by atoms with Gasteiger partial charge in [-0.25, -0.2) is 14.8 Å². The van der Waals surface area contributed by atoms with Gasteiger partial charge < -0.3 is 9.47 Å². The smallest absolute Gasteiger partial charge is 0.338 e. The maximum absolute atomic E-state index is 12.2. The number of para-hydroxylation sites is 1. The summed E-state index contributed by atoms with van der Waals surface area (Å²) in [6.07, 6.45) is 0. The average molecular weight is 382 g/mol. The summed E-state index contributed by atoms with van der Waals surface area (Å²) < 4.78 is 12.1. The normalized spacial score (nSPS) is 10.8. The maximum atomic E-state index is 12.2. The van der Waals surface area contributed by atoms with Crippen molar-refractivity contribution >= 4 is 38.9 Å². The van der Waals surface area contributed by atoms with Crippen LogP contribution in [-0.2, 0) is 18.0 Å². The minimum Gasteiger partial charge on any atom is -0.487 e. The van der Waals surface area contributed by atoms with Crippen LogP contribution < -0.4 is 4.74 Å². The molecule has 4 rings (SSSR count). The number of carbonyl (C=O) groups is 1. The summed E-state index contributed by atoms with van der Waals surface area (Å²) in [6, 6.07) is 14.7. The highest BCUT2D eigenvalue weighted by Gasteiger charge is 2.10. The molecule has 0 bridgehead atoms. The number of hydrogen-bond donors (Lipinski definition) is 0. The monoisotopic (exact) mass is 382 g/mol. The molecule has 0 radical (unpaired) electrons. The Morgan fingerprint density at radius 1 is 1.04 bits per heavy atom. The van der Waals surface area contributed by atoms with Crippen LogP contribution in [0.15, 0.2) is 59.4 Å². The third kappa shape index (κ3) is 3.89. The van der Waals surface area contributed by atoms with Gasteiger partial charge >= 0.3 is 5.97 Å². The van der Waals surface area contributed by atoms with Gasteiger partial charge in [0.05, 0.1) is 27.0 Å². The molecule has 2 aromatic carbocycles. The number of thiazole rings is 2. The number of esters is 1. The number of nitrogens with zero attached hydrogens (tertiary/aromatic N) is 2. The summed E-state index contributed by atoms with van der Waals surface area (Å²) in [6.45, 7) is 0.575. The summed E-state index contributed by atoms with van der Waals surface area (Å²) in [5.74, 6) is 0.302. The highest BCUT2D eigenvalue weighted by molar-refractivity contribution is 7.18. The first-order valence-electron chi connectivity index (χ1n) is 7.89. The summed E-state index contributed by atoms with van der Waals surface area (Å²) in [5.41, 5.74) is 4.05. The number of aromatic nitrogens is 2. The van der Waals surface area contributed by atoms with Gasteiger partial charge in [-0.15, -0.1) is 22.7 Å². The lowest BCUT2D eigenvalue weighted by Gasteiger charge is -2.06. The summed E-state index contributed by atoms with van der Waals surface area (Å²) >= 11 is 3.06. The van der Waals surface area contributed by atoms with Crippen LogP contribution >= 0.6 is 22.7 Å². The second-order valence-corrected chi connectivity index (χ2v) is 7.28. The Bertz CT molecular complexity index is 978. The number of carbonyl (C=O) groups excluding carboxylic acids is 1. The van der Waals surface area contributed by atoms with E-state index in [9.17, 15) is 4.79 Å². The highest BCUT2D eigenvalue weighted by atomic mass is 32.1. The molecule has 0 aliphatic carbocycles. The van der Waals surface area contributed by atoms with Gasteiger partial charge in [-0.05, 0) is 36.4 Å². The van der Waals surface area contributed by atoms with E-state index in [4.69, 9.17) is 9.47 Å². The van der Waals surface area contributed by atoms with Gasteiger partial charge in [0.25, 0.3) is 0 Å². The quantitative estimate of drug-likeness (QED) is 0.453. The Labute approximate surface area is 157 Å². The Morgan fingerprint density at radius 2 is 1.88 bits per heavy atom. The molecule has 0 amide bonds. The lowest BCUT2D eigenvalue weighted by Crippen LogP contribution is -2.05. The highest BCUT2D eigenvalue weighted by Crippen LogP contribution is 2.22. The maximum Gasteiger partial charge on any atom is 0.338 e. The molecule has 0 fully saturated rings. The van der Waals surface area contributed by atoms with Crippen molar-refractivity contribution in [2.75, 3.05) is 0 Å². The first kappa shape index (κ1) is 16.7. The van der Waals surface area contributed by atoms with Crippen LogP contribution in [0, 0.1) is 0 Å². The van der Waals surface area contributed by atoms with Crippen molar-refractivity contribution in [2.24, 2.45) is 0 Å². The molecule has 0 aliphatic rings. The van der Waals surface area contributed by atoms with Gasteiger partial charge in [0.1, 0.15) is 24.0 Å². The summed E-state index contributed by atoms with van der Waals surface area (Å²) in [5, 5.41) is 2.72. The van der Waals surface area contributed by atoms with Crippen LogP contribution in [0.5, 0.6) is 5.75 Å². The van der Waals surface area contributed by atoms with E-state index >= 15 is 0 Å². The van der Waals surface area contributed by atoms with Crippen molar-refractivity contribution < 1.29 is 14.3 Å².